The summed E-state index contributed by atoms with van der Waals surface area (Å²) in [5, 5.41) is 4.17. The lowest BCUT2D eigenvalue weighted by molar-refractivity contribution is 0.0698. The van der Waals surface area contributed by atoms with Gasteiger partial charge < -0.3 is 4.90 Å². The normalized spacial score (nSPS) is 15.7. The minimum atomic E-state index is -3.51. The van der Waals surface area contributed by atoms with Gasteiger partial charge in [0.1, 0.15) is 4.21 Å². The number of thiophene rings is 1. The number of piperazine rings is 1. The summed E-state index contributed by atoms with van der Waals surface area (Å²) < 4.78 is 29.7. The molecule has 0 saturated carbocycles. The van der Waals surface area contributed by atoms with Crippen LogP contribution in [0.4, 0.5) is 0 Å². The van der Waals surface area contributed by atoms with Gasteiger partial charge in [-0.25, -0.2) is 13.1 Å². The Morgan fingerprint density at radius 3 is 2.32 bits per heavy atom. The molecule has 3 aromatic rings. The molecule has 0 bridgehead atoms. The Morgan fingerprint density at radius 1 is 1.04 bits per heavy atom. The van der Waals surface area contributed by atoms with Gasteiger partial charge in [0.05, 0.1) is 9.47 Å². The first kappa shape index (κ1) is 19.3. The Kier molecular flexibility index (Phi) is 5.37. The highest BCUT2D eigenvalue weighted by atomic mass is 79.9. The van der Waals surface area contributed by atoms with Gasteiger partial charge in [0.2, 0.25) is 0 Å². The van der Waals surface area contributed by atoms with E-state index in [1.165, 1.54) is 15.6 Å². The molecule has 0 N–H and O–H groups in total. The van der Waals surface area contributed by atoms with Gasteiger partial charge >= 0.3 is 0 Å². The minimum Gasteiger partial charge on any atom is -0.336 e. The Morgan fingerprint density at radius 2 is 1.75 bits per heavy atom. The van der Waals surface area contributed by atoms with E-state index in [0.29, 0.717) is 22.9 Å². The maximum atomic E-state index is 12.8. The Labute approximate surface area is 175 Å². The van der Waals surface area contributed by atoms with E-state index in [1.54, 1.807) is 40.0 Å². The van der Waals surface area contributed by atoms with Crippen molar-refractivity contribution < 1.29 is 13.2 Å². The monoisotopic (exact) mass is 480 g/mol. The molecule has 1 saturated heterocycles. The van der Waals surface area contributed by atoms with Crippen molar-refractivity contribution in [1.82, 2.24) is 19.0 Å². The van der Waals surface area contributed by atoms with Crippen molar-refractivity contribution in [2.45, 2.75) is 4.21 Å². The predicted molar refractivity (Wildman–Crippen MR) is 110 cm³/mol. The van der Waals surface area contributed by atoms with E-state index in [0.717, 1.165) is 9.47 Å². The molecule has 2 aromatic heterocycles. The first-order valence-corrected chi connectivity index (χ1v) is 11.6. The van der Waals surface area contributed by atoms with Crippen molar-refractivity contribution in [3.63, 3.8) is 0 Å². The molecule has 1 fully saturated rings. The van der Waals surface area contributed by atoms with Crippen LogP contribution in [0.2, 0.25) is 0 Å². The molecule has 3 heterocycles. The lowest BCUT2D eigenvalue weighted by atomic mass is 10.1. The Hall–Kier alpha value is -2.01. The fraction of sp³-hybridized carbons (Fsp3) is 0.222. The second kappa shape index (κ2) is 7.78. The standard InChI is InChI=1S/C18H17BrN4O3S2/c19-16-6-7-17(27-16)28(25,26)22-12-10-21(11-13-22)18(24)14-2-4-15(5-3-14)23-9-1-8-20-23/h1-9H,10-13H2. The topological polar surface area (TPSA) is 75.5 Å². The van der Waals surface area contributed by atoms with Gasteiger partial charge in [-0.15, -0.1) is 11.3 Å². The maximum Gasteiger partial charge on any atom is 0.253 e. The van der Waals surface area contributed by atoms with Crippen molar-refractivity contribution in [3.05, 3.63) is 64.2 Å². The van der Waals surface area contributed by atoms with Gasteiger partial charge in [-0.05, 0) is 58.4 Å². The maximum absolute atomic E-state index is 12.8. The second-order valence-corrected chi connectivity index (χ2v) is 10.9. The van der Waals surface area contributed by atoms with Crippen LogP contribution in [0, 0.1) is 0 Å². The summed E-state index contributed by atoms with van der Waals surface area (Å²) >= 11 is 4.49. The molecule has 0 unspecified atom stereocenters. The molecule has 4 rings (SSSR count). The second-order valence-electron chi connectivity index (χ2n) is 6.25. The van der Waals surface area contributed by atoms with Crippen LogP contribution >= 0.6 is 27.3 Å². The number of sulfonamides is 1. The number of amides is 1. The van der Waals surface area contributed by atoms with E-state index >= 15 is 0 Å². The lowest BCUT2D eigenvalue weighted by Crippen LogP contribution is -2.50. The van der Waals surface area contributed by atoms with Gasteiger partial charge in [-0.1, -0.05) is 0 Å². The van der Waals surface area contributed by atoms with E-state index in [1.807, 2.05) is 24.4 Å². The average molecular weight is 481 g/mol. The fourth-order valence-corrected chi connectivity index (χ4v) is 6.64. The van der Waals surface area contributed by atoms with Crippen LogP contribution < -0.4 is 0 Å². The molecule has 1 amide bonds. The third-order valence-corrected chi connectivity index (χ3v) is 8.54. The van der Waals surface area contributed by atoms with Crippen LogP contribution in [0.15, 0.2) is 62.9 Å². The van der Waals surface area contributed by atoms with Crippen LogP contribution in [0.5, 0.6) is 0 Å². The van der Waals surface area contributed by atoms with Crippen molar-refractivity contribution in [2.75, 3.05) is 26.2 Å². The molecule has 1 aliphatic heterocycles. The SMILES string of the molecule is O=C(c1ccc(-n2cccn2)cc1)N1CCN(S(=O)(=O)c2ccc(Br)s2)CC1. The first-order chi connectivity index (χ1) is 13.4. The highest BCUT2D eigenvalue weighted by Crippen LogP contribution is 2.29. The van der Waals surface area contributed by atoms with Gasteiger partial charge in [-0.3, -0.25) is 4.79 Å². The molecule has 1 aliphatic rings. The molecule has 0 aliphatic carbocycles. The van der Waals surface area contributed by atoms with Gasteiger partial charge in [0, 0.05) is 44.1 Å². The van der Waals surface area contributed by atoms with E-state index < -0.39 is 10.0 Å². The summed E-state index contributed by atoms with van der Waals surface area (Å²) in [5.41, 5.74) is 1.45. The number of carbonyl (C=O) groups is 1. The highest BCUT2D eigenvalue weighted by Gasteiger charge is 2.31. The van der Waals surface area contributed by atoms with Crippen molar-refractivity contribution in [1.29, 1.82) is 0 Å². The number of hydrogen-bond acceptors (Lipinski definition) is 5. The third kappa shape index (κ3) is 3.77. The molecule has 146 valence electrons. The number of hydrogen-bond donors (Lipinski definition) is 0. The average Bonchev–Trinajstić information content (AvgIpc) is 3.40. The molecule has 0 radical (unpaired) electrons. The van der Waals surface area contributed by atoms with Gasteiger partial charge in [-0.2, -0.15) is 9.40 Å². The minimum absolute atomic E-state index is 0.0945. The van der Waals surface area contributed by atoms with E-state index in [4.69, 9.17) is 0 Å². The van der Waals surface area contributed by atoms with E-state index in [2.05, 4.69) is 21.0 Å². The lowest BCUT2D eigenvalue weighted by Gasteiger charge is -2.33. The highest BCUT2D eigenvalue weighted by molar-refractivity contribution is 9.11. The Bertz CT molecular complexity index is 1070. The molecule has 1 aromatic carbocycles. The predicted octanol–water partition coefficient (Wildman–Crippen LogP) is 2.84. The molecule has 7 nitrogen and oxygen atoms in total. The quantitative estimate of drug-likeness (QED) is 0.575. The summed E-state index contributed by atoms with van der Waals surface area (Å²) in [5.74, 6) is -0.0945. The van der Waals surface area contributed by atoms with Crippen LogP contribution in [0.1, 0.15) is 10.4 Å². The number of benzene rings is 1. The first-order valence-electron chi connectivity index (χ1n) is 8.60. The summed E-state index contributed by atoms with van der Waals surface area (Å²) in [4.78, 5) is 14.5. The molecular formula is C18H17BrN4O3S2. The van der Waals surface area contributed by atoms with Crippen LogP contribution in [0.25, 0.3) is 5.69 Å². The number of aromatic nitrogens is 2. The Balaban J connectivity index is 1.41. The summed E-state index contributed by atoms with van der Waals surface area (Å²) in [6.45, 7) is 1.31. The summed E-state index contributed by atoms with van der Waals surface area (Å²) in [6.07, 6.45) is 3.53. The van der Waals surface area contributed by atoms with Crippen LogP contribution in [0.3, 0.4) is 0 Å². The molecule has 28 heavy (non-hydrogen) atoms. The van der Waals surface area contributed by atoms with E-state index in [9.17, 15) is 13.2 Å². The molecule has 0 atom stereocenters. The zero-order valence-electron chi connectivity index (χ0n) is 14.7. The third-order valence-electron chi connectivity index (χ3n) is 4.55. The molecule has 0 spiro atoms. The van der Waals surface area contributed by atoms with E-state index in [-0.39, 0.29) is 19.0 Å². The van der Waals surface area contributed by atoms with Crippen molar-refractivity contribution in [3.8, 4) is 5.69 Å². The number of carbonyl (C=O) groups excluding carboxylic acids is 1. The van der Waals surface area contributed by atoms with Gasteiger partial charge in [0.25, 0.3) is 15.9 Å². The summed E-state index contributed by atoms with van der Waals surface area (Å²) in [7, 11) is -3.51. The fourth-order valence-electron chi connectivity index (χ4n) is 3.06. The van der Waals surface area contributed by atoms with Crippen molar-refractivity contribution in [2.24, 2.45) is 0 Å². The number of halogens is 1. The smallest absolute Gasteiger partial charge is 0.253 e. The van der Waals surface area contributed by atoms with Gasteiger partial charge in [0.15, 0.2) is 0 Å². The summed E-state index contributed by atoms with van der Waals surface area (Å²) in [6, 6.07) is 12.4. The molecule has 10 heteroatoms. The largest absolute Gasteiger partial charge is 0.336 e. The number of rotatable bonds is 4. The molecular weight excluding hydrogens is 464 g/mol. The number of nitrogens with zero attached hydrogens (tertiary/aromatic N) is 4. The van der Waals surface area contributed by atoms with Crippen LogP contribution in [-0.4, -0.2) is 59.5 Å². The van der Waals surface area contributed by atoms with Crippen LogP contribution in [-0.2, 0) is 10.0 Å². The van der Waals surface area contributed by atoms with Crippen molar-refractivity contribution >= 4 is 43.2 Å². The zero-order chi connectivity index (χ0) is 19.7. The zero-order valence-corrected chi connectivity index (χ0v) is 18.0.